The molecule has 2 fully saturated rings. The molecule has 2 atom stereocenters. The van der Waals surface area contributed by atoms with Crippen molar-refractivity contribution in [3.05, 3.63) is 10.7 Å². The monoisotopic (exact) mass is 324 g/mol. The third-order valence-corrected chi connectivity index (χ3v) is 6.02. The number of nitrogens with zero attached hydrogens (tertiary/aromatic N) is 3. The molecule has 1 aromatic rings. The van der Waals surface area contributed by atoms with Crippen molar-refractivity contribution in [1.29, 1.82) is 0 Å². The van der Waals surface area contributed by atoms with Gasteiger partial charge in [-0.1, -0.05) is 11.6 Å². The van der Waals surface area contributed by atoms with Crippen LogP contribution in [0.15, 0.2) is 5.03 Å². The topological polar surface area (TPSA) is 58.1 Å². The van der Waals surface area contributed by atoms with Gasteiger partial charge in [0, 0.05) is 42.8 Å². The second kappa shape index (κ2) is 5.02. The van der Waals surface area contributed by atoms with Gasteiger partial charge in [0.15, 0.2) is 0 Å². The second-order valence-electron chi connectivity index (χ2n) is 5.99. The average Bonchev–Trinajstić information content (AvgIpc) is 3.16. The van der Waals surface area contributed by atoms with Crippen LogP contribution in [0.5, 0.6) is 0 Å². The maximum Gasteiger partial charge on any atom is 0.225 e. The van der Waals surface area contributed by atoms with Gasteiger partial charge in [0.1, 0.15) is 10.2 Å². The van der Waals surface area contributed by atoms with Crippen molar-refractivity contribution < 1.29 is 4.79 Å². The van der Waals surface area contributed by atoms with Gasteiger partial charge in [0.25, 0.3) is 0 Å². The summed E-state index contributed by atoms with van der Waals surface area (Å²) in [7, 11) is 0. The summed E-state index contributed by atoms with van der Waals surface area (Å²) in [6, 6.07) is 0.515. The van der Waals surface area contributed by atoms with Crippen molar-refractivity contribution in [1.82, 2.24) is 14.9 Å². The Morgan fingerprint density at radius 3 is 2.90 bits per heavy atom. The Morgan fingerprint density at radius 2 is 2.19 bits per heavy atom. The normalized spacial score (nSPS) is 27.2. The maximum atomic E-state index is 11.6. The Labute approximate surface area is 132 Å². The molecular weight excluding hydrogens is 308 g/mol. The number of halogens is 1. The number of likely N-dealkylation sites (tertiary alicyclic amines) is 1. The van der Waals surface area contributed by atoms with Gasteiger partial charge in [-0.2, -0.15) is 0 Å². The van der Waals surface area contributed by atoms with Gasteiger partial charge in [-0.3, -0.25) is 4.79 Å². The number of aromatic nitrogens is 2. The van der Waals surface area contributed by atoms with E-state index in [9.17, 15) is 4.79 Å². The number of hydrogen-bond acceptors (Lipinski definition) is 5. The fourth-order valence-electron chi connectivity index (χ4n) is 3.09. The predicted molar refractivity (Wildman–Crippen MR) is 82.9 cm³/mol. The summed E-state index contributed by atoms with van der Waals surface area (Å²) >= 11 is 8.16. The zero-order chi connectivity index (χ0) is 14.6. The van der Waals surface area contributed by atoms with Gasteiger partial charge in [-0.05, 0) is 19.3 Å². The van der Waals surface area contributed by atoms with Crippen LogP contribution in [0.25, 0.3) is 0 Å². The first-order chi connectivity index (χ1) is 10.1. The van der Waals surface area contributed by atoms with Gasteiger partial charge >= 0.3 is 0 Å². The highest BCUT2D eigenvalue weighted by Gasteiger charge is 2.41. The van der Waals surface area contributed by atoms with E-state index in [2.05, 4.69) is 15.3 Å². The zero-order valence-electron chi connectivity index (χ0n) is 11.8. The van der Waals surface area contributed by atoms with Crippen molar-refractivity contribution >= 4 is 35.2 Å². The number of hydrogen-bond donors (Lipinski definition) is 1. The summed E-state index contributed by atoms with van der Waals surface area (Å²) in [6.07, 6.45) is 3.32. The van der Waals surface area contributed by atoms with Crippen LogP contribution < -0.4 is 5.32 Å². The van der Waals surface area contributed by atoms with Crippen LogP contribution in [0, 0.1) is 0 Å². The van der Waals surface area contributed by atoms with Gasteiger partial charge in [-0.15, -0.1) is 11.8 Å². The summed E-state index contributed by atoms with van der Waals surface area (Å²) in [6.45, 7) is 3.22. The Morgan fingerprint density at radius 1 is 1.38 bits per heavy atom. The molecule has 0 spiro atoms. The number of nitrogens with one attached hydrogen (secondary N) is 1. The van der Waals surface area contributed by atoms with Crippen LogP contribution in [0.4, 0.5) is 5.95 Å². The molecule has 1 saturated heterocycles. The molecule has 1 aliphatic carbocycles. The number of piperidine rings is 1. The van der Waals surface area contributed by atoms with Gasteiger partial charge in [0.05, 0.1) is 0 Å². The molecule has 5 nitrogen and oxygen atoms in total. The number of fused-ring (bicyclic) bond motifs is 3. The molecule has 1 N–H and O–H groups in total. The molecule has 1 amide bonds. The fourth-order valence-corrected chi connectivity index (χ4v) is 4.95. The summed E-state index contributed by atoms with van der Waals surface area (Å²) < 4.78 is 0. The standard InChI is InChI=1S/C14H17ClN4OS/c1-7(20)19-5-4-9-10(6-19)21-13-11(9)12(15)17-14(18-13)16-8-2-3-8/h8-10H,2-6H2,1H3,(H,16,17,18). The van der Waals surface area contributed by atoms with E-state index in [4.69, 9.17) is 11.6 Å². The quantitative estimate of drug-likeness (QED) is 0.847. The summed E-state index contributed by atoms with van der Waals surface area (Å²) in [5.41, 5.74) is 1.09. The number of amides is 1. The summed E-state index contributed by atoms with van der Waals surface area (Å²) in [5, 5.41) is 5.25. The van der Waals surface area contributed by atoms with Crippen LogP contribution in [0.1, 0.15) is 37.7 Å². The lowest BCUT2D eigenvalue weighted by molar-refractivity contribution is -0.129. The Kier molecular flexibility index (Phi) is 3.26. The number of carbonyl (C=O) groups excluding carboxylic acids is 1. The molecule has 0 radical (unpaired) electrons. The van der Waals surface area contributed by atoms with E-state index in [0.29, 0.717) is 28.3 Å². The van der Waals surface area contributed by atoms with Crippen molar-refractivity contribution in [3.8, 4) is 0 Å². The molecular formula is C14H17ClN4OS. The molecule has 3 heterocycles. The van der Waals surface area contributed by atoms with Gasteiger partial charge < -0.3 is 10.2 Å². The van der Waals surface area contributed by atoms with E-state index < -0.39 is 0 Å². The van der Waals surface area contributed by atoms with E-state index in [1.54, 1.807) is 18.7 Å². The van der Waals surface area contributed by atoms with Gasteiger partial charge in [-0.25, -0.2) is 9.97 Å². The third-order valence-electron chi connectivity index (χ3n) is 4.41. The Bertz CT molecular complexity index is 607. The van der Waals surface area contributed by atoms with Crippen LogP contribution in [0.2, 0.25) is 5.15 Å². The predicted octanol–water partition coefficient (Wildman–Crippen LogP) is 2.51. The number of thioether (sulfide) groups is 1. The molecule has 3 aliphatic rings. The lowest BCUT2D eigenvalue weighted by Gasteiger charge is -2.33. The fraction of sp³-hybridized carbons (Fsp3) is 0.643. The van der Waals surface area contributed by atoms with Crippen LogP contribution >= 0.6 is 23.4 Å². The zero-order valence-corrected chi connectivity index (χ0v) is 13.4. The lowest BCUT2D eigenvalue weighted by Crippen LogP contribution is -2.42. The van der Waals surface area contributed by atoms with Crippen LogP contribution in [-0.4, -0.2) is 45.2 Å². The molecule has 2 unspecified atom stereocenters. The molecule has 4 rings (SSSR count). The molecule has 1 saturated carbocycles. The van der Waals surface area contributed by atoms with Crippen molar-refractivity contribution in [2.45, 2.75) is 48.4 Å². The highest BCUT2D eigenvalue weighted by molar-refractivity contribution is 8.00. The minimum absolute atomic E-state index is 0.151. The first-order valence-electron chi connectivity index (χ1n) is 7.38. The molecule has 7 heteroatoms. The third kappa shape index (κ3) is 2.48. The average molecular weight is 325 g/mol. The van der Waals surface area contributed by atoms with E-state index >= 15 is 0 Å². The van der Waals surface area contributed by atoms with E-state index in [1.807, 2.05) is 4.90 Å². The first kappa shape index (κ1) is 13.6. The van der Waals surface area contributed by atoms with E-state index in [1.165, 1.54) is 12.8 Å². The highest BCUT2D eigenvalue weighted by atomic mass is 35.5. The highest BCUT2D eigenvalue weighted by Crippen LogP contribution is 2.50. The maximum absolute atomic E-state index is 11.6. The van der Waals surface area contributed by atoms with Crippen LogP contribution in [0.3, 0.4) is 0 Å². The molecule has 0 aromatic carbocycles. The number of rotatable bonds is 2. The Balaban J connectivity index is 1.60. The van der Waals surface area contributed by atoms with E-state index in [-0.39, 0.29) is 5.91 Å². The lowest BCUT2D eigenvalue weighted by atomic mass is 9.91. The summed E-state index contributed by atoms with van der Waals surface area (Å²) in [5.74, 6) is 1.18. The van der Waals surface area contributed by atoms with Crippen molar-refractivity contribution in [2.24, 2.45) is 0 Å². The minimum atomic E-state index is 0.151. The molecule has 0 bridgehead atoms. The smallest absolute Gasteiger partial charge is 0.225 e. The minimum Gasteiger partial charge on any atom is -0.351 e. The molecule has 2 aliphatic heterocycles. The van der Waals surface area contributed by atoms with Crippen molar-refractivity contribution in [2.75, 3.05) is 18.4 Å². The largest absolute Gasteiger partial charge is 0.351 e. The van der Waals surface area contributed by atoms with Crippen molar-refractivity contribution in [3.63, 3.8) is 0 Å². The molecule has 21 heavy (non-hydrogen) atoms. The molecule has 112 valence electrons. The van der Waals surface area contributed by atoms with Gasteiger partial charge in [0.2, 0.25) is 11.9 Å². The van der Waals surface area contributed by atoms with Crippen LogP contribution in [-0.2, 0) is 4.79 Å². The second-order valence-corrected chi connectivity index (χ2v) is 7.58. The Hall–Kier alpha value is -1.01. The SMILES string of the molecule is CC(=O)N1CCC2c3c(Cl)nc(NC4CC4)nc3SC2C1. The molecule has 1 aromatic heterocycles. The number of carbonyl (C=O) groups is 1. The first-order valence-corrected chi connectivity index (χ1v) is 8.63. The van der Waals surface area contributed by atoms with E-state index in [0.717, 1.165) is 30.1 Å². The number of anilines is 1. The summed E-state index contributed by atoms with van der Waals surface area (Å²) in [4.78, 5) is 22.5.